The number of amides is 1. The van der Waals surface area contributed by atoms with Crippen LogP contribution in [0.5, 0.6) is 0 Å². The maximum atomic E-state index is 11.5. The molecule has 0 aromatic rings. The minimum absolute atomic E-state index is 0.0134. The molecule has 0 saturated carbocycles. The molecule has 1 fully saturated rings. The summed E-state index contributed by atoms with van der Waals surface area (Å²) in [5.41, 5.74) is -0.564. The first-order chi connectivity index (χ1) is 7.78. The van der Waals surface area contributed by atoms with Crippen molar-refractivity contribution in [3.8, 4) is 0 Å². The summed E-state index contributed by atoms with van der Waals surface area (Å²) < 4.78 is 10.3. The molecular weight excluding hydrogens is 226 g/mol. The van der Waals surface area contributed by atoms with E-state index in [-0.39, 0.29) is 18.4 Å². The lowest BCUT2D eigenvalue weighted by Crippen LogP contribution is -2.43. The van der Waals surface area contributed by atoms with Crippen LogP contribution in [0.15, 0.2) is 0 Å². The first-order valence-electron chi connectivity index (χ1n) is 5.57. The van der Waals surface area contributed by atoms with E-state index in [0.717, 1.165) is 0 Å². The van der Waals surface area contributed by atoms with Gasteiger partial charge in [-0.3, -0.25) is 4.79 Å². The van der Waals surface area contributed by atoms with Crippen molar-refractivity contribution in [3.05, 3.63) is 0 Å². The Morgan fingerprint density at radius 2 is 2.06 bits per heavy atom. The molecule has 0 aliphatic carbocycles. The van der Waals surface area contributed by atoms with E-state index in [4.69, 9.17) is 14.6 Å². The molecule has 6 nitrogen and oxygen atoms in total. The molecular formula is C11H19NO5. The third-order valence-electron chi connectivity index (χ3n) is 2.34. The summed E-state index contributed by atoms with van der Waals surface area (Å²) >= 11 is 0. The molecule has 2 N–H and O–H groups in total. The van der Waals surface area contributed by atoms with Crippen LogP contribution in [-0.2, 0) is 14.3 Å². The zero-order valence-electron chi connectivity index (χ0n) is 10.4. The number of carboxylic acid groups (broad SMARTS) is 1. The summed E-state index contributed by atoms with van der Waals surface area (Å²) in [5.74, 6) is -1.09. The van der Waals surface area contributed by atoms with Crippen LogP contribution in [0.1, 0.15) is 27.2 Å². The highest BCUT2D eigenvalue weighted by atomic mass is 16.6. The number of carbonyl (C=O) groups is 2. The van der Waals surface area contributed by atoms with E-state index in [0.29, 0.717) is 13.2 Å². The highest BCUT2D eigenvalue weighted by Crippen LogP contribution is 2.18. The summed E-state index contributed by atoms with van der Waals surface area (Å²) in [6.07, 6.45) is -0.552. The van der Waals surface area contributed by atoms with Gasteiger partial charge >= 0.3 is 12.1 Å². The third kappa shape index (κ3) is 5.04. The Morgan fingerprint density at radius 3 is 2.59 bits per heavy atom. The van der Waals surface area contributed by atoms with E-state index >= 15 is 0 Å². The Bertz CT molecular complexity index is 297. The molecule has 0 aromatic carbocycles. The van der Waals surface area contributed by atoms with Crippen LogP contribution >= 0.6 is 0 Å². The highest BCUT2D eigenvalue weighted by molar-refractivity contribution is 5.69. The molecule has 6 heteroatoms. The molecule has 0 aromatic heterocycles. The smallest absolute Gasteiger partial charge is 0.407 e. The third-order valence-corrected chi connectivity index (χ3v) is 2.34. The highest BCUT2D eigenvalue weighted by Gasteiger charge is 2.32. The lowest BCUT2D eigenvalue weighted by Gasteiger charge is -2.23. The number of hydrogen-bond acceptors (Lipinski definition) is 4. The molecule has 1 amide bonds. The van der Waals surface area contributed by atoms with Gasteiger partial charge in [-0.15, -0.1) is 0 Å². The van der Waals surface area contributed by atoms with E-state index < -0.39 is 17.7 Å². The van der Waals surface area contributed by atoms with E-state index in [2.05, 4.69) is 5.32 Å². The molecule has 0 spiro atoms. The van der Waals surface area contributed by atoms with E-state index in [1.807, 2.05) is 0 Å². The molecule has 1 aliphatic heterocycles. The molecule has 1 rings (SSSR count). The van der Waals surface area contributed by atoms with Gasteiger partial charge in [0.25, 0.3) is 0 Å². The summed E-state index contributed by atoms with van der Waals surface area (Å²) in [7, 11) is 0. The first kappa shape index (κ1) is 13.8. The fourth-order valence-corrected chi connectivity index (χ4v) is 1.64. The number of carbonyl (C=O) groups excluding carboxylic acids is 1. The number of hydrogen-bond donors (Lipinski definition) is 2. The Labute approximate surface area is 100 Å². The van der Waals surface area contributed by atoms with Gasteiger partial charge in [0, 0.05) is 5.92 Å². The second-order valence-corrected chi connectivity index (χ2v) is 5.15. The lowest BCUT2D eigenvalue weighted by atomic mass is 10.0. The molecule has 0 bridgehead atoms. The number of ether oxygens (including phenoxy) is 2. The summed E-state index contributed by atoms with van der Waals surface area (Å²) in [4.78, 5) is 22.1. The van der Waals surface area contributed by atoms with Crippen molar-refractivity contribution >= 4 is 12.1 Å². The van der Waals surface area contributed by atoms with Gasteiger partial charge in [-0.2, -0.15) is 0 Å². The molecule has 1 heterocycles. The second kappa shape index (κ2) is 5.35. The fourth-order valence-electron chi connectivity index (χ4n) is 1.64. The van der Waals surface area contributed by atoms with Crippen LogP contribution in [0, 0.1) is 5.92 Å². The van der Waals surface area contributed by atoms with Gasteiger partial charge in [-0.25, -0.2) is 4.79 Å². The Balaban J connectivity index is 2.44. The van der Waals surface area contributed by atoms with Gasteiger partial charge in [0.05, 0.1) is 25.7 Å². The van der Waals surface area contributed by atoms with Crippen molar-refractivity contribution in [2.45, 2.75) is 38.8 Å². The topological polar surface area (TPSA) is 84.9 Å². The Kier molecular flexibility index (Phi) is 4.34. The van der Waals surface area contributed by atoms with Crippen molar-refractivity contribution in [1.82, 2.24) is 5.32 Å². The van der Waals surface area contributed by atoms with Crippen molar-refractivity contribution in [2.75, 3.05) is 13.2 Å². The quantitative estimate of drug-likeness (QED) is 0.774. The maximum Gasteiger partial charge on any atom is 0.407 e. The molecule has 0 radical (unpaired) electrons. The van der Waals surface area contributed by atoms with E-state index in [1.165, 1.54) is 0 Å². The van der Waals surface area contributed by atoms with Crippen LogP contribution in [-0.4, -0.2) is 42.0 Å². The molecule has 1 saturated heterocycles. The average Bonchev–Trinajstić information content (AvgIpc) is 2.47. The van der Waals surface area contributed by atoms with Crippen molar-refractivity contribution in [3.63, 3.8) is 0 Å². The van der Waals surface area contributed by atoms with Gasteiger partial charge < -0.3 is 19.9 Å². The van der Waals surface area contributed by atoms with Crippen LogP contribution < -0.4 is 5.32 Å². The number of rotatable bonds is 3. The normalized spacial score (nSPS) is 24.4. The molecule has 2 unspecified atom stereocenters. The molecule has 2 atom stereocenters. The molecule has 1 aliphatic rings. The largest absolute Gasteiger partial charge is 0.481 e. The predicted molar refractivity (Wildman–Crippen MR) is 59.7 cm³/mol. The van der Waals surface area contributed by atoms with Crippen molar-refractivity contribution < 1.29 is 24.2 Å². The van der Waals surface area contributed by atoms with Crippen LogP contribution in [0.25, 0.3) is 0 Å². The fraction of sp³-hybridized carbons (Fsp3) is 0.818. The van der Waals surface area contributed by atoms with E-state index in [1.54, 1.807) is 20.8 Å². The van der Waals surface area contributed by atoms with Gasteiger partial charge in [0.1, 0.15) is 5.60 Å². The van der Waals surface area contributed by atoms with Crippen molar-refractivity contribution in [2.24, 2.45) is 5.92 Å². The number of aliphatic carboxylic acids is 1. The zero-order chi connectivity index (χ0) is 13.1. The number of nitrogens with one attached hydrogen (secondary N) is 1. The standard InChI is InChI=1S/C11H19NO5/c1-11(2,3)17-10(15)12-8-6-16-5-7(8)4-9(13)14/h7-8H,4-6H2,1-3H3,(H,12,15)(H,13,14). The van der Waals surface area contributed by atoms with Gasteiger partial charge in [0.2, 0.25) is 0 Å². The zero-order valence-corrected chi connectivity index (χ0v) is 10.4. The number of alkyl carbamates (subject to hydrolysis) is 1. The van der Waals surface area contributed by atoms with Crippen LogP contribution in [0.2, 0.25) is 0 Å². The predicted octanol–water partition coefficient (Wildman–Crippen LogP) is 1.00. The van der Waals surface area contributed by atoms with Gasteiger partial charge in [-0.1, -0.05) is 0 Å². The molecule has 17 heavy (non-hydrogen) atoms. The van der Waals surface area contributed by atoms with Crippen molar-refractivity contribution in [1.29, 1.82) is 0 Å². The summed E-state index contributed by atoms with van der Waals surface area (Å²) in [6.45, 7) is 6.00. The Hall–Kier alpha value is -1.30. The monoisotopic (exact) mass is 245 g/mol. The van der Waals surface area contributed by atoms with Gasteiger partial charge in [0.15, 0.2) is 0 Å². The summed E-state index contributed by atoms with van der Waals surface area (Å²) in [5, 5.41) is 11.4. The second-order valence-electron chi connectivity index (χ2n) is 5.15. The van der Waals surface area contributed by atoms with Gasteiger partial charge in [-0.05, 0) is 20.8 Å². The van der Waals surface area contributed by atoms with Crippen LogP contribution in [0.3, 0.4) is 0 Å². The minimum atomic E-state index is -0.892. The van der Waals surface area contributed by atoms with Crippen LogP contribution in [0.4, 0.5) is 4.79 Å². The number of carboxylic acids is 1. The minimum Gasteiger partial charge on any atom is -0.481 e. The SMILES string of the molecule is CC(C)(C)OC(=O)NC1COCC1CC(=O)O. The average molecular weight is 245 g/mol. The maximum absolute atomic E-state index is 11.5. The first-order valence-corrected chi connectivity index (χ1v) is 5.57. The lowest BCUT2D eigenvalue weighted by molar-refractivity contribution is -0.138. The Morgan fingerprint density at radius 1 is 1.41 bits per heavy atom. The molecule has 98 valence electrons. The van der Waals surface area contributed by atoms with E-state index in [9.17, 15) is 9.59 Å². The summed E-state index contributed by atoms with van der Waals surface area (Å²) in [6, 6.07) is -0.291.